The van der Waals surface area contributed by atoms with Gasteiger partial charge in [0.1, 0.15) is 11.2 Å². The zero-order valence-electron chi connectivity index (χ0n) is 14.7. The number of nitrogens with zero attached hydrogens (tertiary/aromatic N) is 2. The molecule has 0 aliphatic rings. The topological polar surface area (TPSA) is 96.3 Å². The predicted molar refractivity (Wildman–Crippen MR) is 110 cm³/mol. The highest BCUT2D eigenvalue weighted by molar-refractivity contribution is 7.83. The Balaban J connectivity index is 1.72. The largest absolute Gasteiger partial charge is 0.322 e. The fourth-order valence-corrected chi connectivity index (χ4v) is 3.96. The fraction of sp³-hybridized carbons (Fsp3) is 0.105. The van der Waals surface area contributed by atoms with Crippen LogP contribution in [0.5, 0.6) is 0 Å². The second kappa shape index (κ2) is 7.21. The molecule has 2 aromatic carbocycles. The second-order valence-corrected chi connectivity index (χ2v) is 8.11. The molecule has 9 heteroatoms. The molecule has 0 saturated carbocycles. The Morgan fingerprint density at radius 1 is 1.29 bits per heavy atom. The van der Waals surface area contributed by atoms with Crippen LogP contribution >= 0.6 is 11.6 Å². The van der Waals surface area contributed by atoms with Crippen molar-refractivity contribution >= 4 is 50.5 Å². The molecule has 4 rings (SSSR count). The van der Waals surface area contributed by atoms with Crippen molar-refractivity contribution in [3.63, 3.8) is 0 Å². The van der Waals surface area contributed by atoms with Crippen LogP contribution in [-0.4, -0.2) is 31.0 Å². The van der Waals surface area contributed by atoms with Crippen LogP contribution in [0.2, 0.25) is 5.02 Å². The maximum atomic E-state index is 12.8. The van der Waals surface area contributed by atoms with E-state index in [0.717, 1.165) is 0 Å². The number of aromatic amines is 1. The van der Waals surface area contributed by atoms with Crippen LogP contribution in [-0.2, 0) is 16.6 Å². The van der Waals surface area contributed by atoms with E-state index in [9.17, 15) is 13.8 Å². The second-order valence-electron chi connectivity index (χ2n) is 6.27. The molecule has 2 heterocycles. The normalized spacial score (nSPS) is 12.4. The first-order valence-corrected chi connectivity index (χ1v) is 10.4. The number of rotatable bonds is 4. The third-order valence-electron chi connectivity index (χ3n) is 4.28. The van der Waals surface area contributed by atoms with Crippen LogP contribution in [0, 0.1) is 0 Å². The van der Waals surface area contributed by atoms with E-state index in [2.05, 4.69) is 15.4 Å². The van der Waals surface area contributed by atoms with Gasteiger partial charge < -0.3 is 10.3 Å². The van der Waals surface area contributed by atoms with Crippen LogP contribution in [0.4, 0.5) is 5.69 Å². The van der Waals surface area contributed by atoms with Gasteiger partial charge in [0, 0.05) is 33.5 Å². The molecule has 0 bridgehead atoms. The van der Waals surface area contributed by atoms with E-state index in [0.29, 0.717) is 38.6 Å². The summed E-state index contributed by atoms with van der Waals surface area (Å²) in [6.07, 6.45) is 2.99. The van der Waals surface area contributed by atoms with Gasteiger partial charge in [-0.3, -0.25) is 13.8 Å². The summed E-state index contributed by atoms with van der Waals surface area (Å²) in [7, 11) is -1.06. The third-order valence-corrected chi connectivity index (χ3v) is 5.37. The summed E-state index contributed by atoms with van der Waals surface area (Å²) in [5.74, 6) is -0.134. The summed E-state index contributed by atoms with van der Waals surface area (Å²) < 4.78 is 13.0. The molecular weight excluding hydrogens is 400 g/mol. The molecule has 1 atom stereocenters. The highest BCUT2D eigenvalue weighted by Gasteiger charge is 2.17. The molecule has 0 aliphatic carbocycles. The number of nitrogens with one attached hydrogen (secondary N) is 2. The molecule has 0 saturated heterocycles. The fourth-order valence-electron chi connectivity index (χ4n) is 3.02. The van der Waals surface area contributed by atoms with Crippen molar-refractivity contribution < 1.29 is 9.00 Å². The Labute approximate surface area is 166 Å². The number of H-pyrrole nitrogens is 1. The van der Waals surface area contributed by atoms with Crippen molar-refractivity contribution in [3.8, 4) is 0 Å². The van der Waals surface area contributed by atoms with E-state index in [1.807, 2.05) is 0 Å². The molecule has 142 valence electrons. The summed E-state index contributed by atoms with van der Waals surface area (Å²) in [6.45, 7) is 0. The number of hydrogen-bond donors (Lipinski definition) is 2. The molecule has 28 heavy (non-hydrogen) atoms. The molecule has 4 aromatic rings. The Bertz CT molecular complexity index is 1310. The standard InChI is InChI=1S/C19H15ClN4O3S/c1-28(27)10-11-8-12(6-7-15(11)20)22-19(26)14-9-21-24-16-5-3-2-4-13(16)18(25)23-17(14)24/h2-9H,10H2,1H3,(H,22,26)(H,23,25). The quantitative estimate of drug-likeness (QED) is 0.536. The SMILES string of the molecule is CS(=O)Cc1cc(NC(=O)c2cnn3c2[nH]c(=O)c2ccccc23)ccc1Cl. The lowest BCUT2D eigenvalue weighted by molar-refractivity contribution is 0.102. The average molecular weight is 415 g/mol. The van der Waals surface area contributed by atoms with Gasteiger partial charge in [0.15, 0.2) is 0 Å². The molecule has 0 radical (unpaired) electrons. The van der Waals surface area contributed by atoms with E-state index in [4.69, 9.17) is 11.6 Å². The molecule has 2 N–H and O–H groups in total. The molecule has 0 fully saturated rings. The van der Waals surface area contributed by atoms with E-state index < -0.39 is 16.7 Å². The van der Waals surface area contributed by atoms with Crippen molar-refractivity contribution in [1.82, 2.24) is 14.6 Å². The first kappa shape index (κ1) is 18.4. The minimum Gasteiger partial charge on any atom is -0.322 e. The van der Waals surface area contributed by atoms with Gasteiger partial charge in [0.05, 0.1) is 17.1 Å². The van der Waals surface area contributed by atoms with E-state index in [1.165, 1.54) is 10.7 Å². The van der Waals surface area contributed by atoms with E-state index >= 15 is 0 Å². The molecule has 7 nitrogen and oxygen atoms in total. The predicted octanol–water partition coefficient (Wildman–Crippen LogP) is 2.96. The number of benzene rings is 2. The molecule has 1 unspecified atom stereocenters. The Kier molecular flexibility index (Phi) is 4.74. The first-order chi connectivity index (χ1) is 13.4. The lowest BCUT2D eigenvalue weighted by atomic mass is 10.2. The Morgan fingerprint density at radius 2 is 2.07 bits per heavy atom. The van der Waals surface area contributed by atoms with Crippen LogP contribution in [0.1, 0.15) is 15.9 Å². The van der Waals surface area contributed by atoms with Gasteiger partial charge in [-0.1, -0.05) is 23.7 Å². The maximum Gasteiger partial charge on any atom is 0.261 e. The van der Waals surface area contributed by atoms with Crippen LogP contribution in [0.3, 0.4) is 0 Å². The van der Waals surface area contributed by atoms with Gasteiger partial charge in [-0.15, -0.1) is 0 Å². The van der Waals surface area contributed by atoms with Gasteiger partial charge in [-0.25, -0.2) is 4.52 Å². The number of anilines is 1. The van der Waals surface area contributed by atoms with Gasteiger partial charge in [0.25, 0.3) is 11.5 Å². The summed E-state index contributed by atoms with van der Waals surface area (Å²) >= 11 is 6.13. The monoisotopic (exact) mass is 414 g/mol. The van der Waals surface area contributed by atoms with Gasteiger partial charge in [-0.05, 0) is 35.9 Å². The molecular formula is C19H15ClN4O3S. The van der Waals surface area contributed by atoms with Crippen molar-refractivity contribution in [2.75, 3.05) is 11.6 Å². The highest BCUT2D eigenvalue weighted by atomic mass is 35.5. The van der Waals surface area contributed by atoms with Crippen molar-refractivity contribution in [1.29, 1.82) is 0 Å². The van der Waals surface area contributed by atoms with Gasteiger partial charge >= 0.3 is 0 Å². The van der Waals surface area contributed by atoms with E-state index in [1.54, 1.807) is 48.7 Å². The summed E-state index contributed by atoms with van der Waals surface area (Å²) in [5.41, 5.74) is 2.05. The smallest absolute Gasteiger partial charge is 0.261 e. The zero-order chi connectivity index (χ0) is 19.8. The Morgan fingerprint density at radius 3 is 2.86 bits per heavy atom. The van der Waals surface area contributed by atoms with Crippen LogP contribution in [0.15, 0.2) is 53.5 Å². The number of carbonyl (C=O) groups excluding carboxylic acids is 1. The Hall–Kier alpha value is -2.97. The molecule has 0 aliphatic heterocycles. The zero-order valence-corrected chi connectivity index (χ0v) is 16.3. The summed E-state index contributed by atoms with van der Waals surface area (Å²) in [4.78, 5) is 27.8. The molecule has 2 aromatic heterocycles. The molecule has 0 spiro atoms. The van der Waals surface area contributed by atoms with Crippen LogP contribution in [0.25, 0.3) is 16.6 Å². The van der Waals surface area contributed by atoms with E-state index in [-0.39, 0.29) is 11.1 Å². The highest BCUT2D eigenvalue weighted by Crippen LogP contribution is 2.23. The molecule has 1 amide bonds. The number of para-hydroxylation sites is 1. The summed E-state index contributed by atoms with van der Waals surface area (Å²) in [5, 5.41) is 7.99. The number of halogens is 1. The summed E-state index contributed by atoms with van der Waals surface area (Å²) in [6, 6.07) is 12.0. The van der Waals surface area contributed by atoms with Crippen LogP contribution < -0.4 is 10.9 Å². The first-order valence-electron chi connectivity index (χ1n) is 8.32. The minimum atomic E-state index is -1.06. The number of aromatic nitrogens is 3. The van der Waals surface area contributed by atoms with Crippen molar-refractivity contribution in [2.45, 2.75) is 5.75 Å². The number of hydrogen-bond acceptors (Lipinski definition) is 4. The van der Waals surface area contributed by atoms with Crippen molar-refractivity contribution in [3.05, 3.63) is 75.2 Å². The number of fused-ring (bicyclic) bond motifs is 3. The average Bonchev–Trinajstić information content (AvgIpc) is 3.08. The lowest BCUT2D eigenvalue weighted by Crippen LogP contribution is -2.15. The number of amides is 1. The van der Waals surface area contributed by atoms with Crippen molar-refractivity contribution in [2.24, 2.45) is 0 Å². The lowest BCUT2D eigenvalue weighted by Gasteiger charge is -2.08. The van der Waals surface area contributed by atoms with Gasteiger partial charge in [-0.2, -0.15) is 5.10 Å². The van der Waals surface area contributed by atoms with Gasteiger partial charge in [0.2, 0.25) is 0 Å². The third kappa shape index (κ3) is 3.32. The number of carbonyl (C=O) groups is 1. The minimum absolute atomic E-state index is 0.235. The maximum absolute atomic E-state index is 12.8.